The van der Waals surface area contributed by atoms with E-state index >= 15 is 0 Å². The zero-order valence-corrected chi connectivity index (χ0v) is 16.8. The fourth-order valence-corrected chi connectivity index (χ4v) is 2.95. The number of aromatic nitrogens is 4. The fourth-order valence-electron chi connectivity index (χ4n) is 2.39. The number of benzene rings is 2. The lowest BCUT2D eigenvalue weighted by Gasteiger charge is -1.97. The molecule has 2 aromatic heterocycles. The molecule has 4 rings (SSSR count). The largest absolute Gasteiger partial charge is 0.421 e. The number of rotatable bonds is 5. The van der Waals surface area contributed by atoms with Crippen molar-refractivity contribution in [2.75, 3.05) is 0 Å². The molecule has 0 spiro atoms. The molecule has 136 valence electrons. The van der Waals surface area contributed by atoms with E-state index in [2.05, 4.69) is 36.3 Å². The smallest absolute Gasteiger partial charge is 0.247 e. The van der Waals surface area contributed by atoms with E-state index in [1.165, 1.54) is 0 Å². The Morgan fingerprint density at radius 1 is 0.852 bits per heavy atom. The number of halogens is 3. The maximum atomic E-state index is 6.02. The van der Waals surface area contributed by atoms with Gasteiger partial charge in [0.1, 0.15) is 0 Å². The highest BCUT2D eigenvalue weighted by Gasteiger charge is 2.13. The first-order valence-electron chi connectivity index (χ1n) is 7.95. The zero-order chi connectivity index (χ0) is 18.8. The third-order valence-electron chi connectivity index (χ3n) is 3.76. The van der Waals surface area contributed by atoms with E-state index in [9.17, 15) is 0 Å². The molecule has 0 aliphatic heterocycles. The molecule has 0 unspecified atom stereocenters. The van der Waals surface area contributed by atoms with Crippen LogP contribution in [0.5, 0.6) is 0 Å². The van der Waals surface area contributed by atoms with Crippen molar-refractivity contribution in [2.24, 2.45) is 0 Å². The number of hydrogen-bond acceptors (Lipinski definition) is 6. The molecule has 6 nitrogen and oxygen atoms in total. The Labute approximate surface area is 172 Å². The van der Waals surface area contributed by atoms with Crippen molar-refractivity contribution in [3.8, 4) is 22.8 Å². The van der Waals surface area contributed by atoms with E-state index in [0.717, 1.165) is 10.0 Å². The van der Waals surface area contributed by atoms with Crippen LogP contribution in [-0.2, 0) is 12.8 Å². The Morgan fingerprint density at radius 2 is 1.59 bits per heavy atom. The summed E-state index contributed by atoms with van der Waals surface area (Å²) in [4.78, 5) is 4.40. The second-order valence-electron chi connectivity index (χ2n) is 5.65. The highest BCUT2D eigenvalue weighted by atomic mass is 79.9. The SMILES string of the molecule is Clc1ccc(-c2nnc(CCc3nc(-c4ccc(Br)cc4)no3)o2)cc1Cl. The van der Waals surface area contributed by atoms with Gasteiger partial charge < -0.3 is 8.94 Å². The molecular weight excluding hydrogens is 455 g/mol. The minimum Gasteiger partial charge on any atom is -0.421 e. The number of nitrogens with zero attached hydrogens (tertiary/aromatic N) is 4. The van der Waals surface area contributed by atoms with E-state index < -0.39 is 0 Å². The number of hydrogen-bond donors (Lipinski definition) is 0. The summed E-state index contributed by atoms with van der Waals surface area (Å²) in [6, 6.07) is 12.8. The van der Waals surface area contributed by atoms with E-state index in [1.807, 2.05) is 24.3 Å². The predicted molar refractivity (Wildman–Crippen MR) is 105 cm³/mol. The summed E-state index contributed by atoms with van der Waals surface area (Å²) in [6.07, 6.45) is 0.975. The van der Waals surface area contributed by atoms with E-state index in [1.54, 1.807) is 18.2 Å². The van der Waals surface area contributed by atoms with Gasteiger partial charge in [-0.2, -0.15) is 4.98 Å². The molecule has 0 atom stereocenters. The molecule has 2 heterocycles. The minimum absolute atomic E-state index is 0.379. The first kappa shape index (κ1) is 18.2. The van der Waals surface area contributed by atoms with Gasteiger partial charge >= 0.3 is 0 Å². The van der Waals surface area contributed by atoms with Crippen molar-refractivity contribution in [1.29, 1.82) is 0 Å². The standard InChI is InChI=1S/C18H11BrCl2N4O2/c19-12-4-1-10(2-5-12)17-22-15(27-25-17)7-8-16-23-24-18(26-16)11-3-6-13(20)14(21)9-11/h1-6,9H,7-8H2. The van der Waals surface area contributed by atoms with Crippen LogP contribution in [0.25, 0.3) is 22.8 Å². The molecule has 0 fully saturated rings. The van der Waals surface area contributed by atoms with Crippen LogP contribution >= 0.6 is 39.1 Å². The average molecular weight is 466 g/mol. The van der Waals surface area contributed by atoms with Crippen molar-refractivity contribution >= 4 is 39.1 Å². The van der Waals surface area contributed by atoms with Crippen molar-refractivity contribution < 1.29 is 8.94 Å². The second-order valence-corrected chi connectivity index (χ2v) is 7.38. The molecular formula is C18H11BrCl2N4O2. The minimum atomic E-state index is 0.379. The quantitative estimate of drug-likeness (QED) is 0.379. The summed E-state index contributed by atoms with van der Waals surface area (Å²) in [6.45, 7) is 0. The topological polar surface area (TPSA) is 77.8 Å². The van der Waals surface area contributed by atoms with Crippen molar-refractivity contribution in [2.45, 2.75) is 12.8 Å². The summed E-state index contributed by atoms with van der Waals surface area (Å²) in [7, 11) is 0. The Morgan fingerprint density at radius 3 is 2.37 bits per heavy atom. The van der Waals surface area contributed by atoms with Gasteiger partial charge in [-0.25, -0.2) is 0 Å². The van der Waals surface area contributed by atoms with Gasteiger partial charge in [-0.3, -0.25) is 0 Å². The Balaban J connectivity index is 1.43. The Bertz CT molecular complexity index is 1080. The highest BCUT2D eigenvalue weighted by molar-refractivity contribution is 9.10. The molecule has 27 heavy (non-hydrogen) atoms. The van der Waals surface area contributed by atoms with Crippen LogP contribution in [0.1, 0.15) is 11.8 Å². The zero-order valence-electron chi connectivity index (χ0n) is 13.7. The number of aryl methyl sites for hydroxylation is 2. The molecule has 4 aromatic rings. The van der Waals surface area contributed by atoms with Crippen LogP contribution < -0.4 is 0 Å². The fraction of sp³-hybridized carbons (Fsp3) is 0.111. The molecule has 0 radical (unpaired) electrons. The molecule has 9 heteroatoms. The molecule has 0 bridgehead atoms. The Kier molecular flexibility index (Phi) is 5.24. The molecule has 0 amide bonds. The summed E-state index contributed by atoms with van der Waals surface area (Å²) >= 11 is 15.3. The summed E-state index contributed by atoms with van der Waals surface area (Å²) in [5.74, 6) is 1.89. The van der Waals surface area contributed by atoms with Crippen LogP contribution in [0.2, 0.25) is 10.0 Å². The Hall–Kier alpha value is -2.22. The van der Waals surface area contributed by atoms with E-state index in [-0.39, 0.29) is 0 Å². The molecule has 0 saturated heterocycles. The molecule has 0 saturated carbocycles. The van der Waals surface area contributed by atoms with Crippen LogP contribution in [0, 0.1) is 0 Å². The monoisotopic (exact) mass is 464 g/mol. The molecule has 0 aliphatic carbocycles. The first-order valence-corrected chi connectivity index (χ1v) is 9.50. The highest BCUT2D eigenvalue weighted by Crippen LogP contribution is 2.28. The molecule has 0 aliphatic rings. The predicted octanol–water partition coefficient (Wildman–Crippen LogP) is 5.64. The maximum Gasteiger partial charge on any atom is 0.247 e. The second kappa shape index (κ2) is 7.80. The lowest BCUT2D eigenvalue weighted by atomic mass is 10.2. The van der Waals surface area contributed by atoms with Gasteiger partial charge in [-0.1, -0.05) is 44.3 Å². The van der Waals surface area contributed by atoms with Gasteiger partial charge in [0.05, 0.1) is 10.0 Å². The van der Waals surface area contributed by atoms with Gasteiger partial charge in [0.25, 0.3) is 0 Å². The first-order chi connectivity index (χ1) is 13.1. The van der Waals surface area contributed by atoms with Crippen LogP contribution in [-0.4, -0.2) is 20.3 Å². The van der Waals surface area contributed by atoms with Crippen molar-refractivity contribution in [3.63, 3.8) is 0 Å². The average Bonchev–Trinajstić information content (AvgIpc) is 3.32. The van der Waals surface area contributed by atoms with E-state index in [0.29, 0.717) is 51.9 Å². The van der Waals surface area contributed by atoms with Gasteiger partial charge in [-0.15, -0.1) is 10.2 Å². The lowest BCUT2D eigenvalue weighted by Crippen LogP contribution is -1.92. The lowest BCUT2D eigenvalue weighted by molar-refractivity contribution is 0.373. The maximum absolute atomic E-state index is 6.02. The summed E-state index contributed by atoms with van der Waals surface area (Å²) in [5.41, 5.74) is 1.59. The van der Waals surface area contributed by atoms with Gasteiger partial charge in [0.15, 0.2) is 0 Å². The van der Waals surface area contributed by atoms with Crippen LogP contribution in [0.15, 0.2) is 55.9 Å². The van der Waals surface area contributed by atoms with E-state index in [4.69, 9.17) is 32.1 Å². The van der Waals surface area contributed by atoms with Gasteiger partial charge in [0, 0.05) is 28.4 Å². The summed E-state index contributed by atoms with van der Waals surface area (Å²) in [5, 5.41) is 13.0. The molecule has 0 N–H and O–H groups in total. The van der Waals surface area contributed by atoms with Crippen molar-refractivity contribution in [3.05, 3.63) is 68.8 Å². The van der Waals surface area contributed by atoms with Gasteiger partial charge in [0.2, 0.25) is 23.5 Å². The van der Waals surface area contributed by atoms with Gasteiger partial charge in [-0.05, 0) is 42.5 Å². The van der Waals surface area contributed by atoms with Crippen LogP contribution in [0.4, 0.5) is 0 Å². The normalized spacial score (nSPS) is 11.1. The third-order valence-corrected chi connectivity index (χ3v) is 5.02. The summed E-state index contributed by atoms with van der Waals surface area (Å²) < 4.78 is 12.0. The van der Waals surface area contributed by atoms with Crippen LogP contribution in [0.3, 0.4) is 0 Å². The third kappa shape index (κ3) is 4.21. The van der Waals surface area contributed by atoms with Crippen molar-refractivity contribution in [1.82, 2.24) is 20.3 Å². The molecule has 2 aromatic carbocycles.